The van der Waals surface area contributed by atoms with E-state index in [1.807, 2.05) is 0 Å². The number of nitrogens with zero attached hydrogens (tertiary/aromatic N) is 2. The predicted octanol–water partition coefficient (Wildman–Crippen LogP) is 3.47. The zero-order chi connectivity index (χ0) is 18.3. The molecule has 0 aliphatic heterocycles. The molecule has 0 aliphatic rings. The highest BCUT2D eigenvalue weighted by molar-refractivity contribution is 8.77. The van der Waals surface area contributed by atoms with Crippen molar-refractivity contribution in [2.24, 2.45) is 0 Å². The highest BCUT2D eigenvalue weighted by atomic mass is 33.1. The minimum atomic E-state index is -0.807. The van der Waals surface area contributed by atoms with Gasteiger partial charge in [-0.15, -0.1) is 0 Å². The fourth-order valence-electron chi connectivity index (χ4n) is 1.27. The Kier molecular flexibility index (Phi) is 8.85. The van der Waals surface area contributed by atoms with Gasteiger partial charge in [0.25, 0.3) is 0 Å². The number of nitriles is 1. The van der Waals surface area contributed by atoms with Crippen LogP contribution in [0.3, 0.4) is 0 Å². The number of ether oxygens (including phenoxy) is 2. The van der Waals surface area contributed by atoms with Crippen LogP contribution >= 0.6 is 21.6 Å². The van der Waals surface area contributed by atoms with Crippen LogP contribution in [0.15, 0.2) is 0 Å². The largest absolute Gasteiger partial charge is 0.449 e. The van der Waals surface area contributed by atoms with Gasteiger partial charge in [0, 0.05) is 17.5 Å². The van der Waals surface area contributed by atoms with Crippen molar-refractivity contribution < 1.29 is 19.1 Å². The molecule has 0 heterocycles. The van der Waals surface area contributed by atoms with E-state index in [9.17, 15) is 9.59 Å². The Balaban J connectivity index is 4.92. The van der Waals surface area contributed by atoms with Gasteiger partial charge in [0.1, 0.15) is 17.7 Å². The highest BCUT2D eigenvalue weighted by Gasteiger charge is 2.32. The SMILES string of the molecule is CN(C(=O)OC(C)(C)C)C(CSSC(C)(C)C)C(=O)OCC#N. The van der Waals surface area contributed by atoms with Crippen molar-refractivity contribution in [3.8, 4) is 6.07 Å². The van der Waals surface area contributed by atoms with Crippen molar-refractivity contribution in [3.05, 3.63) is 0 Å². The van der Waals surface area contributed by atoms with Gasteiger partial charge in [-0.1, -0.05) is 42.4 Å². The van der Waals surface area contributed by atoms with E-state index in [0.29, 0.717) is 5.75 Å². The summed E-state index contributed by atoms with van der Waals surface area (Å²) in [7, 11) is 4.58. The van der Waals surface area contributed by atoms with Crippen molar-refractivity contribution in [2.45, 2.75) is 57.9 Å². The molecule has 0 spiro atoms. The van der Waals surface area contributed by atoms with Crippen molar-refractivity contribution >= 4 is 33.7 Å². The average molecular weight is 363 g/mol. The summed E-state index contributed by atoms with van der Waals surface area (Å²) in [6.07, 6.45) is -0.599. The summed E-state index contributed by atoms with van der Waals surface area (Å²) in [6, 6.07) is 0.943. The zero-order valence-corrected chi connectivity index (χ0v) is 16.5. The van der Waals surface area contributed by atoms with E-state index >= 15 is 0 Å². The Morgan fingerprint density at radius 1 is 1.22 bits per heavy atom. The summed E-state index contributed by atoms with van der Waals surface area (Å²) in [4.78, 5) is 25.5. The smallest absolute Gasteiger partial charge is 0.410 e. The van der Waals surface area contributed by atoms with Gasteiger partial charge in [0.05, 0.1) is 0 Å². The van der Waals surface area contributed by atoms with E-state index < -0.39 is 23.7 Å². The molecule has 1 atom stereocenters. The highest BCUT2D eigenvalue weighted by Crippen LogP contribution is 2.35. The molecule has 0 aromatic carbocycles. The monoisotopic (exact) mass is 362 g/mol. The fourth-order valence-corrected chi connectivity index (χ4v) is 3.84. The minimum absolute atomic E-state index is 0.0241. The lowest BCUT2D eigenvalue weighted by atomic mass is 10.2. The Morgan fingerprint density at radius 2 is 1.78 bits per heavy atom. The molecule has 8 heteroatoms. The lowest BCUT2D eigenvalue weighted by Gasteiger charge is -2.29. The van der Waals surface area contributed by atoms with Crippen molar-refractivity contribution in [1.82, 2.24) is 4.90 Å². The molecule has 0 aromatic heterocycles. The van der Waals surface area contributed by atoms with Crippen LogP contribution in [0.2, 0.25) is 0 Å². The van der Waals surface area contributed by atoms with Crippen LogP contribution in [0.5, 0.6) is 0 Å². The van der Waals surface area contributed by atoms with E-state index in [0.717, 1.165) is 0 Å². The Bertz CT molecular complexity index is 450. The third-order valence-corrected chi connectivity index (χ3v) is 5.57. The summed E-state index contributed by atoms with van der Waals surface area (Å²) < 4.78 is 10.2. The summed E-state index contributed by atoms with van der Waals surface area (Å²) >= 11 is 0. The quantitative estimate of drug-likeness (QED) is 0.528. The second-order valence-electron chi connectivity index (χ2n) is 6.85. The van der Waals surface area contributed by atoms with Gasteiger partial charge in [0.2, 0.25) is 0 Å². The van der Waals surface area contributed by atoms with Crippen molar-refractivity contribution in [3.63, 3.8) is 0 Å². The Labute approximate surface area is 146 Å². The summed E-state index contributed by atoms with van der Waals surface area (Å²) in [5.41, 5.74) is -0.653. The fraction of sp³-hybridized carbons (Fsp3) is 0.800. The van der Waals surface area contributed by atoms with Crippen molar-refractivity contribution in [1.29, 1.82) is 5.26 Å². The Morgan fingerprint density at radius 3 is 2.22 bits per heavy atom. The molecule has 1 unspecified atom stereocenters. The van der Waals surface area contributed by atoms with Gasteiger partial charge in [-0.3, -0.25) is 4.90 Å². The lowest BCUT2D eigenvalue weighted by Crippen LogP contribution is -2.47. The zero-order valence-electron chi connectivity index (χ0n) is 14.8. The first kappa shape index (κ1) is 21.9. The first-order valence-corrected chi connectivity index (χ1v) is 9.49. The van der Waals surface area contributed by atoms with Crippen LogP contribution in [0.25, 0.3) is 0 Å². The van der Waals surface area contributed by atoms with Gasteiger partial charge >= 0.3 is 12.1 Å². The lowest BCUT2D eigenvalue weighted by molar-refractivity contribution is -0.147. The molecule has 1 amide bonds. The van der Waals surface area contributed by atoms with Crippen LogP contribution in [-0.4, -0.2) is 52.8 Å². The standard InChI is InChI=1S/C15H26N2O4S2/c1-14(2,3)21-13(19)17(7)11(12(18)20-9-8-16)10-22-23-15(4,5)6/h11H,9-10H2,1-7H3. The molecule has 0 saturated heterocycles. The maximum Gasteiger partial charge on any atom is 0.410 e. The van der Waals surface area contributed by atoms with Crippen LogP contribution in [-0.2, 0) is 14.3 Å². The number of amides is 1. The summed E-state index contributed by atoms with van der Waals surface area (Å²) in [6.45, 7) is 11.1. The molecule has 0 rings (SSSR count). The van der Waals surface area contributed by atoms with Gasteiger partial charge in [0.15, 0.2) is 6.61 Å². The van der Waals surface area contributed by atoms with Gasteiger partial charge in [-0.2, -0.15) is 5.26 Å². The molecule has 0 N–H and O–H groups in total. The molecular formula is C15H26N2O4S2. The maximum atomic E-state index is 12.2. The maximum absolute atomic E-state index is 12.2. The molecular weight excluding hydrogens is 336 g/mol. The molecule has 0 radical (unpaired) electrons. The third-order valence-electron chi connectivity index (χ3n) is 2.23. The number of rotatable bonds is 6. The predicted molar refractivity (Wildman–Crippen MR) is 94.2 cm³/mol. The molecule has 6 nitrogen and oxygen atoms in total. The number of hydrogen-bond acceptors (Lipinski definition) is 7. The van der Waals surface area contributed by atoms with E-state index in [2.05, 4.69) is 20.8 Å². The minimum Gasteiger partial charge on any atom is -0.449 e. The molecule has 0 aromatic rings. The number of esters is 1. The molecule has 132 valence electrons. The van der Waals surface area contributed by atoms with E-state index in [1.165, 1.54) is 22.7 Å². The van der Waals surface area contributed by atoms with E-state index in [-0.39, 0.29) is 11.4 Å². The van der Waals surface area contributed by atoms with Crippen molar-refractivity contribution in [2.75, 3.05) is 19.4 Å². The Hall–Kier alpha value is -1.07. The molecule has 0 aliphatic carbocycles. The number of hydrogen-bond donors (Lipinski definition) is 0. The summed E-state index contributed by atoms with van der Waals surface area (Å²) in [5, 5.41) is 8.54. The van der Waals surface area contributed by atoms with Crippen LogP contribution < -0.4 is 0 Å². The number of likely N-dealkylation sites (N-methyl/N-ethyl adjacent to an activating group) is 1. The number of carbonyl (C=O) groups is 2. The normalized spacial score (nSPS) is 13.0. The third kappa shape index (κ3) is 10.3. The van der Waals surface area contributed by atoms with E-state index in [4.69, 9.17) is 14.7 Å². The van der Waals surface area contributed by atoms with E-state index in [1.54, 1.807) is 37.6 Å². The van der Waals surface area contributed by atoms with Crippen LogP contribution in [0.4, 0.5) is 4.79 Å². The molecule has 0 fully saturated rings. The molecule has 23 heavy (non-hydrogen) atoms. The number of carbonyl (C=O) groups excluding carboxylic acids is 2. The second kappa shape index (κ2) is 9.28. The topological polar surface area (TPSA) is 79.6 Å². The van der Waals surface area contributed by atoms with Crippen LogP contribution in [0.1, 0.15) is 41.5 Å². The van der Waals surface area contributed by atoms with Gasteiger partial charge in [-0.25, -0.2) is 9.59 Å². The first-order valence-electron chi connectivity index (χ1n) is 7.17. The first-order chi connectivity index (χ1) is 10.4. The molecule has 0 bridgehead atoms. The van der Waals surface area contributed by atoms with Gasteiger partial charge in [-0.05, 0) is 20.8 Å². The second-order valence-corrected chi connectivity index (χ2v) is 10.0. The van der Waals surface area contributed by atoms with Crippen LogP contribution in [0, 0.1) is 11.3 Å². The van der Waals surface area contributed by atoms with Gasteiger partial charge < -0.3 is 9.47 Å². The average Bonchev–Trinajstić information content (AvgIpc) is 2.37. The molecule has 0 saturated carbocycles. The summed E-state index contributed by atoms with van der Waals surface area (Å²) in [5.74, 6) is -0.260.